The summed E-state index contributed by atoms with van der Waals surface area (Å²) in [6.45, 7) is 1.70. The highest BCUT2D eigenvalue weighted by Crippen LogP contribution is 2.17. The predicted octanol–water partition coefficient (Wildman–Crippen LogP) is 1.93. The van der Waals surface area contributed by atoms with Crippen LogP contribution in [-0.4, -0.2) is 55.1 Å². The van der Waals surface area contributed by atoms with Crippen LogP contribution in [0.4, 0.5) is 13.2 Å². The third-order valence-electron chi connectivity index (χ3n) is 3.74. The van der Waals surface area contributed by atoms with E-state index in [1.807, 2.05) is 18.3 Å². The fourth-order valence-electron chi connectivity index (χ4n) is 2.51. The molecule has 5 nitrogen and oxygen atoms in total. The molecule has 0 unspecified atom stereocenters. The van der Waals surface area contributed by atoms with Crippen LogP contribution in [0.3, 0.4) is 0 Å². The van der Waals surface area contributed by atoms with Crippen LogP contribution in [0, 0.1) is 6.92 Å². The summed E-state index contributed by atoms with van der Waals surface area (Å²) in [6, 6.07) is 3.70. The van der Waals surface area contributed by atoms with Crippen LogP contribution in [0.1, 0.15) is 27.4 Å². The highest BCUT2D eigenvalue weighted by molar-refractivity contribution is 7.13. The first-order valence-electron chi connectivity index (χ1n) is 7.66. The number of nitrogens with zero attached hydrogens (tertiary/aromatic N) is 1. The number of carbonyl (C=O) groups is 2. The molecule has 9 heteroatoms. The van der Waals surface area contributed by atoms with Crippen LogP contribution < -0.4 is 10.6 Å². The molecule has 1 aromatic rings. The molecule has 0 spiro atoms. The SMILES string of the molecule is Cc1ccc(C(=O)NC2CCN(CC(=O)NCC(F)(F)F)CC2)s1. The van der Waals surface area contributed by atoms with E-state index in [9.17, 15) is 22.8 Å². The van der Waals surface area contributed by atoms with Gasteiger partial charge in [-0.2, -0.15) is 13.2 Å². The number of amides is 2. The van der Waals surface area contributed by atoms with Gasteiger partial charge in [0.1, 0.15) is 6.54 Å². The Bertz CT molecular complexity index is 581. The molecule has 24 heavy (non-hydrogen) atoms. The van der Waals surface area contributed by atoms with Gasteiger partial charge in [-0.15, -0.1) is 11.3 Å². The second-order valence-electron chi connectivity index (χ2n) is 5.83. The van der Waals surface area contributed by atoms with Crippen LogP contribution in [0.25, 0.3) is 0 Å². The van der Waals surface area contributed by atoms with Gasteiger partial charge < -0.3 is 10.6 Å². The lowest BCUT2D eigenvalue weighted by Crippen LogP contribution is -2.48. The minimum Gasteiger partial charge on any atom is -0.349 e. The van der Waals surface area contributed by atoms with Gasteiger partial charge in [0.05, 0.1) is 11.4 Å². The number of carbonyl (C=O) groups excluding carboxylic acids is 2. The number of hydrogen-bond acceptors (Lipinski definition) is 4. The van der Waals surface area contributed by atoms with Gasteiger partial charge in [0.2, 0.25) is 5.91 Å². The Hall–Kier alpha value is -1.61. The molecule has 0 aromatic carbocycles. The molecule has 0 radical (unpaired) electrons. The molecule has 0 atom stereocenters. The molecule has 1 aromatic heterocycles. The van der Waals surface area contributed by atoms with Gasteiger partial charge >= 0.3 is 6.18 Å². The lowest BCUT2D eigenvalue weighted by molar-refractivity contribution is -0.139. The zero-order valence-corrected chi connectivity index (χ0v) is 14.1. The van der Waals surface area contributed by atoms with E-state index < -0.39 is 18.6 Å². The molecule has 2 amide bonds. The third kappa shape index (κ3) is 6.12. The monoisotopic (exact) mass is 363 g/mol. The van der Waals surface area contributed by atoms with Crippen molar-refractivity contribution >= 4 is 23.2 Å². The average molecular weight is 363 g/mol. The number of hydrogen-bond donors (Lipinski definition) is 2. The van der Waals surface area contributed by atoms with Crippen molar-refractivity contribution in [2.24, 2.45) is 0 Å². The Morgan fingerprint density at radius 1 is 1.29 bits per heavy atom. The predicted molar refractivity (Wildman–Crippen MR) is 85.0 cm³/mol. The number of aryl methyl sites for hydroxylation is 1. The maximum absolute atomic E-state index is 12.1. The Morgan fingerprint density at radius 3 is 2.50 bits per heavy atom. The maximum atomic E-state index is 12.1. The molecule has 2 N–H and O–H groups in total. The van der Waals surface area contributed by atoms with Crippen molar-refractivity contribution in [3.63, 3.8) is 0 Å². The minimum absolute atomic E-state index is 0.0226. The summed E-state index contributed by atoms with van der Waals surface area (Å²) >= 11 is 1.43. The Labute approximate surface area is 142 Å². The highest BCUT2D eigenvalue weighted by atomic mass is 32.1. The number of halogens is 3. The smallest absolute Gasteiger partial charge is 0.349 e. The van der Waals surface area contributed by atoms with Gasteiger partial charge in [-0.1, -0.05) is 0 Å². The fourth-order valence-corrected chi connectivity index (χ4v) is 3.28. The van der Waals surface area contributed by atoms with Crippen LogP contribution >= 0.6 is 11.3 Å². The van der Waals surface area contributed by atoms with E-state index in [0.29, 0.717) is 30.8 Å². The molecular formula is C15H20F3N3O2S. The van der Waals surface area contributed by atoms with Crippen molar-refractivity contribution in [1.29, 1.82) is 0 Å². The molecule has 134 valence electrons. The Balaban J connectivity index is 1.69. The van der Waals surface area contributed by atoms with Crippen LogP contribution in [-0.2, 0) is 4.79 Å². The van der Waals surface area contributed by atoms with E-state index in [4.69, 9.17) is 0 Å². The minimum atomic E-state index is -4.40. The highest BCUT2D eigenvalue weighted by Gasteiger charge is 2.28. The van der Waals surface area contributed by atoms with Crippen molar-refractivity contribution in [2.75, 3.05) is 26.2 Å². The van der Waals surface area contributed by atoms with Crippen molar-refractivity contribution in [1.82, 2.24) is 15.5 Å². The second-order valence-corrected chi connectivity index (χ2v) is 7.11. The van der Waals surface area contributed by atoms with Crippen LogP contribution in [0.15, 0.2) is 12.1 Å². The quantitative estimate of drug-likeness (QED) is 0.840. The van der Waals surface area contributed by atoms with Gasteiger partial charge in [0, 0.05) is 24.0 Å². The number of alkyl halides is 3. The lowest BCUT2D eigenvalue weighted by Gasteiger charge is -2.31. The number of likely N-dealkylation sites (tertiary alicyclic amines) is 1. The fraction of sp³-hybridized carbons (Fsp3) is 0.600. The van der Waals surface area contributed by atoms with E-state index in [1.165, 1.54) is 11.3 Å². The average Bonchev–Trinajstić information content (AvgIpc) is 2.93. The zero-order valence-electron chi connectivity index (χ0n) is 13.3. The van der Waals surface area contributed by atoms with E-state index in [0.717, 1.165) is 4.88 Å². The number of nitrogens with one attached hydrogen (secondary N) is 2. The van der Waals surface area contributed by atoms with Crippen LogP contribution in [0.2, 0.25) is 0 Å². The Morgan fingerprint density at radius 2 is 1.96 bits per heavy atom. The van der Waals surface area contributed by atoms with Gasteiger partial charge in [0.15, 0.2) is 0 Å². The summed E-state index contributed by atoms with van der Waals surface area (Å²) in [7, 11) is 0. The molecule has 0 aliphatic carbocycles. The molecule has 1 saturated heterocycles. The van der Waals surface area contributed by atoms with Crippen molar-refractivity contribution in [2.45, 2.75) is 32.0 Å². The van der Waals surface area contributed by atoms with Gasteiger partial charge in [-0.05, 0) is 31.9 Å². The number of thiophene rings is 1. The molecule has 2 rings (SSSR count). The topological polar surface area (TPSA) is 61.4 Å². The summed E-state index contributed by atoms with van der Waals surface area (Å²) in [4.78, 5) is 27.1. The van der Waals surface area contributed by atoms with Crippen molar-refractivity contribution < 1.29 is 22.8 Å². The first-order valence-corrected chi connectivity index (χ1v) is 8.48. The standard InChI is InChI=1S/C15H20F3N3O2S/c1-10-2-3-12(24-10)14(23)20-11-4-6-21(7-5-11)8-13(22)19-9-15(16,17)18/h2-3,11H,4-9H2,1H3,(H,19,22)(H,20,23). The lowest BCUT2D eigenvalue weighted by atomic mass is 10.0. The molecule has 0 bridgehead atoms. The molecule has 0 saturated carbocycles. The number of piperidine rings is 1. The molecular weight excluding hydrogens is 343 g/mol. The first kappa shape index (κ1) is 18.7. The summed E-state index contributed by atoms with van der Waals surface area (Å²) < 4.78 is 36.1. The molecule has 1 aliphatic heterocycles. The molecule has 1 aliphatic rings. The molecule has 1 fully saturated rings. The molecule has 2 heterocycles. The van der Waals surface area contributed by atoms with Gasteiger partial charge in [-0.25, -0.2) is 0 Å². The summed E-state index contributed by atoms with van der Waals surface area (Å²) in [5.41, 5.74) is 0. The van der Waals surface area contributed by atoms with Crippen molar-refractivity contribution in [3.05, 3.63) is 21.9 Å². The summed E-state index contributed by atoms with van der Waals surface area (Å²) in [5.74, 6) is -0.738. The summed E-state index contributed by atoms with van der Waals surface area (Å²) in [6.07, 6.45) is -3.06. The number of rotatable bonds is 5. The van der Waals surface area contributed by atoms with Crippen molar-refractivity contribution in [3.8, 4) is 0 Å². The summed E-state index contributed by atoms with van der Waals surface area (Å²) in [5, 5.41) is 4.83. The van der Waals surface area contributed by atoms with Crippen LogP contribution in [0.5, 0.6) is 0 Å². The van der Waals surface area contributed by atoms with Gasteiger partial charge in [0.25, 0.3) is 5.91 Å². The Kier molecular flexibility index (Phi) is 6.22. The van der Waals surface area contributed by atoms with E-state index >= 15 is 0 Å². The van der Waals surface area contributed by atoms with E-state index in [-0.39, 0.29) is 18.5 Å². The van der Waals surface area contributed by atoms with E-state index in [2.05, 4.69) is 5.32 Å². The zero-order chi connectivity index (χ0) is 17.7. The van der Waals surface area contributed by atoms with E-state index in [1.54, 1.807) is 11.0 Å². The normalized spacial score (nSPS) is 16.8. The maximum Gasteiger partial charge on any atom is 0.405 e. The first-order chi connectivity index (χ1) is 11.2. The van der Waals surface area contributed by atoms with Gasteiger partial charge in [-0.3, -0.25) is 14.5 Å². The second kappa shape index (κ2) is 7.98. The third-order valence-corrected chi connectivity index (χ3v) is 4.74. The largest absolute Gasteiger partial charge is 0.405 e.